The van der Waals surface area contributed by atoms with E-state index in [9.17, 15) is 19.3 Å². The van der Waals surface area contributed by atoms with Crippen molar-refractivity contribution in [1.29, 1.82) is 0 Å². The molecular weight excluding hydrogens is 265 g/mol. The molecule has 3 rings (SSSR count). The lowest BCUT2D eigenvalue weighted by atomic mass is 10.1. The topological polar surface area (TPSA) is 70.1 Å². The Morgan fingerprint density at radius 3 is 2.75 bits per heavy atom. The summed E-state index contributed by atoms with van der Waals surface area (Å²) in [6, 6.07) is 3.50. The molecule has 1 aliphatic carbocycles. The average Bonchev–Trinajstić information content (AvgIpc) is 3.16. The Labute approximate surface area is 113 Å². The summed E-state index contributed by atoms with van der Waals surface area (Å²) in [5, 5.41) is 10.9. The first-order chi connectivity index (χ1) is 9.56. The van der Waals surface area contributed by atoms with Crippen LogP contribution in [0.1, 0.15) is 24.4 Å². The van der Waals surface area contributed by atoms with E-state index in [0.717, 1.165) is 31.0 Å². The van der Waals surface area contributed by atoms with Crippen molar-refractivity contribution in [3.05, 3.63) is 62.6 Å². The van der Waals surface area contributed by atoms with E-state index in [1.807, 2.05) is 0 Å². The molecule has 1 aliphatic rings. The van der Waals surface area contributed by atoms with Crippen LogP contribution in [-0.4, -0.2) is 14.1 Å². The number of benzene rings is 1. The Morgan fingerprint density at radius 1 is 1.35 bits per heavy atom. The maximum atomic E-state index is 13.2. The molecule has 0 radical (unpaired) electrons. The molecule has 1 aromatic carbocycles. The first-order valence-electron chi connectivity index (χ1n) is 6.26. The second-order valence-corrected chi connectivity index (χ2v) is 4.88. The molecule has 1 heterocycles. The van der Waals surface area contributed by atoms with Crippen LogP contribution in [0.4, 0.5) is 10.1 Å². The average molecular weight is 277 g/mol. The van der Waals surface area contributed by atoms with Crippen molar-refractivity contribution in [3.8, 4) is 0 Å². The fraction of sp³-hybridized carbons (Fsp3) is 0.308. The summed E-state index contributed by atoms with van der Waals surface area (Å²) in [5.41, 5.74) is -0.214. The number of nitro groups is 1. The fourth-order valence-electron chi connectivity index (χ4n) is 2.22. The third-order valence-electron chi connectivity index (χ3n) is 3.39. The Hall–Kier alpha value is -2.44. The number of hydrogen-bond acceptors (Lipinski definition) is 3. The van der Waals surface area contributed by atoms with Crippen molar-refractivity contribution >= 4 is 5.69 Å². The molecule has 1 saturated carbocycles. The highest BCUT2D eigenvalue weighted by atomic mass is 19.1. The highest BCUT2D eigenvalue weighted by Gasteiger charge is 2.26. The quantitative estimate of drug-likeness (QED) is 0.634. The van der Waals surface area contributed by atoms with Gasteiger partial charge in [-0.3, -0.25) is 19.2 Å². The van der Waals surface area contributed by atoms with Gasteiger partial charge in [-0.15, -0.1) is 0 Å². The zero-order chi connectivity index (χ0) is 14.3. The van der Waals surface area contributed by atoms with E-state index < -0.39 is 10.7 Å². The van der Waals surface area contributed by atoms with E-state index in [4.69, 9.17) is 0 Å². The third kappa shape index (κ3) is 2.22. The zero-order valence-electron chi connectivity index (χ0n) is 10.5. The van der Waals surface area contributed by atoms with Gasteiger partial charge in [0.2, 0.25) is 0 Å². The molecular formula is C13H12FN3O3. The van der Waals surface area contributed by atoms with Crippen molar-refractivity contribution in [2.45, 2.75) is 25.4 Å². The molecule has 0 spiro atoms. The third-order valence-corrected chi connectivity index (χ3v) is 3.39. The highest BCUT2D eigenvalue weighted by Crippen LogP contribution is 2.33. The second kappa shape index (κ2) is 4.59. The lowest BCUT2D eigenvalue weighted by Gasteiger charge is -2.04. The maximum Gasteiger partial charge on any atom is 0.328 e. The normalized spacial score (nSPS) is 14.4. The van der Waals surface area contributed by atoms with Gasteiger partial charge in [0.1, 0.15) is 5.82 Å². The van der Waals surface area contributed by atoms with Gasteiger partial charge in [0.25, 0.3) is 5.69 Å². The molecule has 20 heavy (non-hydrogen) atoms. The van der Waals surface area contributed by atoms with E-state index in [1.54, 1.807) is 17.0 Å². The molecule has 0 bridgehead atoms. The number of imidazole rings is 1. The SMILES string of the molecule is O=c1n(Cc2cc(F)ccc2[N+](=O)[O-])ccn1C1CC1. The maximum absolute atomic E-state index is 13.2. The molecule has 0 saturated heterocycles. The fourth-order valence-corrected chi connectivity index (χ4v) is 2.22. The minimum atomic E-state index is -0.572. The molecule has 0 N–H and O–H groups in total. The number of halogens is 1. The van der Waals surface area contributed by atoms with Crippen molar-refractivity contribution in [2.24, 2.45) is 0 Å². The summed E-state index contributed by atoms with van der Waals surface area (Å²) < 4.78 is 16.2. The van der Waals surface area contributed by atoms with Crippen LogP contribution in [0.2, 0.25) is 0 Å². The number of aromatic nitrogens is 2. The van der Waals surface area contributed by atoms with Crippen LogP contribution in [0.15, 0.2) is 35.4 Å². The lowest BCUT2D eigenvalue weighted by molar-refractivity contribution is -0.385. The highest BCUT2D eigenvalue weighted by molar-refractivity contribution is 5.40. The summed E-state index contributed by atoms with van der Waals surface area (Å²) in [7, 11) is 0. The molecule has 7 heteroatoms. The molecule has 0 aliphatic heterocycles. The van der Waals surface area contributed by atoms with Crippen molar-refractivity contribution in [2.75, 3.05) is 0 Å². The molecule has 1 fully saturated rings. The minimum absolute atomic E-state index is 0.00731. The smallest absolute Gasteiger partial charge is 0.296 e. The van der Waals surface area contributed by atoms with E-state index >= 15 is 0 Å². The first kappa shape index (κ1) is 12.6. The van der Waals surface area contributed by atoms with Crippen molar-refractivity contribution in [1.82, 2.24) is 9.13 Å². The van der Waals surface area contributed by atoms with Gasteiger partial charge in [-0.1, -0.05) is 0 Å². The van der Waals surface area contributed by atoms with Gasteiger partial charge in [0.15, 0.2) is 0 Å². The predicted molar refractivity (Wildman–Crippen MR) is 69.1 cm³/mol. The zero-order valence-corrected chi connectivity index (χ0v) is 10.5. The van der Waals surface area contributed by atoms with Gasteiger partial charge < -0.3 is 0 Å². The van der Waals surface area contributed by atoms with Gasteiger partial charge in [-0.2, -0.15) is 0 Å². The number of hydrogen-bond donors (Lipinski definition) is 0. The van der Waals surface area contributed by atoms with E-state index in [1.165, 1.54) is 4.57 Å². The summed E-state index contributed by atoms with van der Waals surface area (Å²) in [6.45, 7) is -0.00731. The number of nitrogens with zero attached hydrogens (tertiary/aromatic N) is 3. The standard InChI is InChI=1S/C13H12FN3O3/c14-10-1-4-12(17(19)20)9(7-10)8-15-5-6-16(13(15)18)11-2-3-11/h1,4-7,11H,2-3,8H2. The van der Waals surface area contributed by atoms with Crippen LogP contribution in [-0.2, 0) is 6.54 Å². The van der Waals surface area contributed by atoms with Crippen LogP contribution < -0.4 is 5.69 Å². The van der Waals surface area contributed by atoms with Crippen molar-refractivity contribution < 1.29 is 9.31 Å². The van der Waals surface area contributed by atoms with Crippen LogP contribution >= 0.6 is 0 Å². The Kier molecular flexibility index (Phi) is 2.89. The summed E-state index contributed by atoms with van der Waals surface area (Å²) in [6.07, 6.45) is 5.20. The monoisotopic (exact) mass is 277 g/mol. The molecule has 2 aromatic rings. The summed E-state index contributed by atoms with van der Waals surface area (Å²) in [5.74, 6) is -0.555. The van der Waals surface area contributed by atoms with E-state index in [-0.39, 0.29) is 29.5 Å². The second-order valence-electron chi connectivity index (χ2n) is 4.88. The molecule has 0 unspecified atom stereocenters. The van der Waals surface area contributed by atoms with Gasteiger partial charge in [0.05, 0.1) is 17.0 Å². The molecule has 6 nitrogen and oxygen atoms in total. The lowest BCUT2D eigenvalue weighted by Crippen LogP contribution is -2.24. The van der Waals surface area contributed by atoms with Crippen LogP contribution in [0.3, 0.4) is 0 Å². The largest absolute Gasteiger partial charge is 0.328 e. The summed E-state index contributed by atoms with van der Waals surface area (Å²) in [4.78, 5) is 22.4. The minimum Gasteiger partial charge on any atom is -0.296 e. The number of rotatable bonds is 4. The van der Waals surface area contributed by atoms with Gasteiger partial charge in [-0.05, 0) is 25.0 Å². The summed E-state index contributed by atoms with van der Waals surface area (Å²) >= 11 is 0. The Balaban J connectivity index is 1.96. The predicted octanol–water partition coefficient (Wildman–Crippen LogP) is 2.08. The molecule has 0 amide bonds. The first-order valence-corrected chi connectivity index (χ1v) is 6.26. The van der Waals surface area contributed by atoms with Crippen LogP contribution in [0.25, 0.3) is 0 Å². The van der Waals surface area contributed by atoms with E-state index in [2.05, 4.69) is 0 Å². The van der Waals surface area contributed by atoms with Crippen molar-refractivity contribution in [3.63, 3.8) is 0 Å². The van der Waals surface area contributed by atoms with E-state index in [0.29, 0.717) is 0 Å². The van der Waals surface area contributed by atoms with Crippen LogP contribution in [0, 0.1) is 15.9 Å². The number of nitro benzene ring substituents is 1. The molecule has 0 atom stereocenters. The molecule has 104 valence electrons. The molecule has 1 aromatic heterocycles. The van der Waals surface area contributed by atoms with Gasteiger partial charge >= 0.3 is 5.69 Å². The van der Waals surface area contributed by atoms with Gasteiger partial charge in [0, 0.05) is 24.5 Å². The van der Waals surface area contributed by atoms with Crippen LogP contribution in [0.5, 0.6) is 0 Å². The van der Waals surface area contributed by atoms with Gasteiger partial charge in [-0.25, -0.2) is 9.18 Å². The Bertz CT molecular complexity index is 731. The Morgan fingerprint density at radius 2 is 2.10 bits per heavy atom.